The number of aryl methyl sites for hydroxylation is 1. The van der Waals surface area contributed by atoms with Crippen molar-refractivity contribution in [2.24, 2.45) is 0 Å². The Balaban J connectivity index is 0. The van der Waals surface area contributed by atoms with Gasteiger partial charge in [-0.05, 0) is 18.6 Å². The third-order valence-electron chi connectivity index (χ3n) is 1.45. The summed E-state index contributed by atoms with van der Waals surface area (Å²) < 4.78 is 36.1. The molecule has 1 aromatic rings. The van der Waals surface area contributed by atoms with Gasteiger partial charge in [-0.3, -0.25) is 9.41 Å². The average molecular weight is 200 g/mol. The second-order valence-electron chi connectivity index (χ2n) is 2.31. The van der Waals surface area contributed by atoms with Crippen LogP contribution < -0.4 is 0 Å². The first-order valence-corrected chi connectivity index (χ1v) is 3.14. The normalized spacial score (nSPS) is 9.85. The zero-order valence-electron chi connectivity index (χ0n) is 6.76. The van der Waals surface area contributed by atoms with Gasteiger partial charge in [0, 0.05) is 0 Å². The molecular weight excluding hydrogens is 191 g/mol. The number of hydrogen-bond donors (Lipinski definition) is 0. The van der Waals surface area contributed by atoms with Crippen LogP contribution in [0.25, 0.3) is 0 Å². The van der Waals surface area contributed by atoms with Crippen LogP contribution in [0.3, 0.4) is 0 Å². The Kier molecular flexibility index (Phi) is 5.30. The minimum absolute atomic E-state index is 0. The highest BCUT2D eigenvalue weighted by Gasteiger charge is 2.31. The van der Waals surface area contributed by atoms with Crippen molar-refractivity contribution >= 4 is 0 Å². The van der Waals surface area contributed by atoms with Crippen molar-refractivity contribution in [3.05, 3.63) is 35.4 Å². The van der Waals surface area contributed by atoms with Gasteiger partial charge in [-0.15, -0.1) is 0 Å². The van der Waals surface area contributed by atoms with E-state index in [1.807, 2.05) is 0 Å². The van der Waals surface area contributed by atoms with E-state index in [2.05, 4.69) is 0 Å². The Morgan fingerprint density at radius 2 is 1.46 bits per heavy atom. The third kappa shape index (κ3) is 3.40. The van der Waals surface area contributed by atoms with Crippen molar-refractivity contribution in [1.29, 1.82) is 0 Å². The highest BCUT2D eigenvalue weighted by Crippen LogP contribution is 2.31. The second kappa shape index (κ2) is 4.79. The fourth-order valence-electron chi connectivity index (χ4n) is 0.891. The molecule has 0 atom stereocenters. The van der Waals surface area contributed by atoms with Gasteiger partial charge < -0.3 is 0 Å². The van der Waals surface area contributed by atoms with E-state index < -0.39 is 11.7 Å². The standard InChI is InChI=1S/C8H7F3.2FH/c1-6-4-2-3-5-7(6)8(9,10)11;;/h2-5H,1H3;2*1H. The Bertz CT molecular complexity index is 253. The lowest BCUT2D eigenvalue weighted by Crippen LogP contribution is -2.06. The molecule has 0 amide bonds. The molecule has 0 nitrogen and oxygen atoms in total. The van der Waals surface area contributed by atoms with E-state index in [1.165, 1.54) is 19.1 Å². The molecule has 0 N–H and O–H groups in total. The lowest BCUT2D eigenvalue weighted by atomic mass is 10.1. The first-order chi connectivity index (χ1) is 5.02. The molecule has 0 saturated heterocycles. The van der Waals surface area contributed by atoms with Gasteiger partial charge in [-0.25, -0.2) is 0 Å². The largest absolute Gasteiger partial charge is 0.416 e. The number of rotatable bonds is 0. The van der Waals surface area contributed by atoms with E-state index in [1.54, 1.807) is 6.07 Å². The van der Waals surface area contributed by atoms with Gasteiger partial charge in [0.1, 0.15) is 0 Å². The molecule has 5 heteroatoms. The SMILES string of the molecule is Cc1ccccc1C(F)(F)F.F.F. The van der Waals surface area contributed by atoms with Crippen LogP contribution in [0.5, 0.6) is 0 Å². The molecular formula is C8H9F5. The van der Waals surface area contributed by atoms with Crippen LogP contribution in [-0.2, 0) is 6.18 Å². The molecule has 76 valence electrons. The van der Waals surface area contributed by atoms with Gasteiger partial charge in [0.05, 0.1) is 5.56 Å². The molecule has 0 spiro atoms. The lowest BCUT2D eigenvalue weighted by molar-refractivity contribution is -0.138. The smallest absolute Gasteiger partial charge is 0.269 e. The quantitative estimate of drug-likeness (QED) is 0.563. The second-order valence-corrected chi connectivity index (χ2v) is 2.31. The third-order valence-corrected chi connectivity index (χ3v) is 1.45. The van der Waals surface area contributed by atoms with E-state index in [0.29, 0.717) is 0 Å². The number of hydrogen-bond acceptors (Lipinski definition) is 0. The summed E-state index contributed by atoms with van der Waals surface area (Å²) in [7, 11) is 0. The number of benzene rings is 1. The van der Waals surface area contributed by atoms with Crippen LogP contribution in [0, 0.1) is 6.92 Å². The van der Waals surface area contributed by atoms with Crippen molar-refractivity contribution < 1.29 is 22.6 Å². The molecule has 0 saturated carbocycles. The maximum Gasteiger partial charge on any atom is 0.416 e. The average Bonchev–Trinajstić information content (AvgIpc) is 1.86. The van der Waals surface area contributed by atoms with Gasteiger partial charge in [0.25, 0.3) is 0 Å². The van der Waals surface area contributed by atoms with Gasteiger partial charge in [0.15, 0.2) is 0 Å². The van der Waals surface area contributed by atoms with E-state index in [0.717, 1.165) is 6.07 Å². The van der Waals surface area contributed by atoms with Crippen molar-refractivity contribution in [1.82, 2.24) is 0 Å². The minimum Gasteiger partial charge on any atom is -0.269 e. The summed E-state index contributed by atoms with van der Waals surface area (Å²) in [5.74, 6) is 0. The van der Waals surface area contributed by atoms with Gasteiger partial charge in [-0.2, -0.15) is 13.2 Å². The minimum atomic E-state index is -4.22. The highest BCUT2D eigenvalue weighted by atomic mass is 19.4. The Morgan fingerprint density at radius 1 is 1.00 bits per heavy atom. The van der Waals surface area contributed by atoms with E-state index in [4.69, 9.17) is 0 Å². The summed E-state index contributed by atoms with van der Waals surface area (Å²) in [6, 6.07) is 5.50. The summed E-state index contributed by atoms with van der Waals surface area (Å²) >= 11 is 0. The van der Waals surface area contributed by atoms with Crippen LogP contribution in [0.15, 0.2) is 24.3 Å². The fourth-order valence-corrected chi connectivity index (χ4v) is 0.891. The first kappa shape index (κ1) is 14.4. The van der Waals surface area contributed by atoms with Crippen LogP contribution in [-0.4, -0.2) is 0 Å². The van der Waals surface area contributed by atoms with Crippen LogP contribution >= 0.6 is 0 Å². The van der Waals surface area contributed by atoms with Crippen molar-refractivity contribution in [3.63, 3.8) is 0 Å². The summed E-state index contributed by atoms with van der Waals surface area (Å²) in [5, 5.41) is 0. The first-order valence-electron chi connectivity index (χ1n) is 3.14. The molecule has 1 rings (SSSR count). The maximum absolute atomic E-state index is 12.0. The molecule has 0 aliphatic carbocycles. The molecule has 0 bridgehead atoms. The Morgan fingerprint density at radius 3 is 1.77 bits per heavy atom. The topological polar surface area (TPSA) is 0 Å². The van der Waals surface area contributed by atoms with Crippen molar-refractivity contribution in [2.75, 3.05) is 0 Å². The van der Waals surface area contributed by atoms with Gasteiger partial charge in [0.2, 0.25) is 0 Å². The predicted molar refractivity (Wildman–Crippen MR) is 41.2 cm³/mol. The number of halogens is 5. The molecule has 1 aromatic carbocycles. The summed E-state index contributed by atoms with van der Waals surface area (Å²) in [4.78, 5) is 0. The van der Waals surface area contributed by atoms with E-state index in [-0.39, 0.29) is 15.0 Å². The lowest BCUT2D eigenvalue weighted by Gasteiger charge is -2.08. The number of alkyl halides is 3. The molecule has 0 aliphatic heterocycles. The van der Waals surface area contributed by atoms with Gasteiger partial charge >= 0.3 is 6.18 Å². The summed E-state index contributed by atoms with van der Waals surface area (Å²) in [5.41, 5.74) is -0.292. The molecule has 0 fully saturated rings. The molecule has 0 aliphatic rings. The van der Waals surface area contributed by atoms with Crippen LogP contribution in [0.4, 0.5) is 22.6 Å². The van der Waals surface area contributed by atoms with Crippen LogP contribution in [0.2, 0.25) is 0 Å². The molecule has 0 aromatic heterocycles. The molecule has 13 heavy (non-hydrogen) atoms. The van der Waals surface area contributed by atoms with E-state index >= 15 is 0 Å². The Labute approximate surface area is 72.1 Å². The Hall–Kier alpha value is -1.13. The molecule has 0 heterocycles. The van der Waals surface area contributed by atoms with Crippen LogP contribution in [0.1, 0.15) is 11.1 Å². The van der Waals surface area contributed by atoms with Crippen molar-refractivity contribution in [2.45, 2.75) is 13.1 Å². The maximum atomic E-state index is 12.0. The molecule has 0 radical (unpaired) electrons. The predicted octanol–water partition coefficient (Wildman–Crippen LogP) is 3.32. The van der Waals surface area contributed by atoms with E-state index in [9.17, 15) is 13.2 Å². The zero-order valence-corrected chi connectivity index (χ0v) is 6.76. The summed E-state index contributed by atoms with van der Waals surface area (Å²) in [6.07, 6.45) is -4.22. The summed E-state index contributed by atoms with van der Waals surface area (Å²) in [6.45, 7) is 1.45. The highest BCUT2D eigenvalue weighted by molar-refractivity contribution is 5.27. The zero-order chi connectivity index (χ0) is 8.48. The van der Waals surface area contributed by atoms with Gasteiger partial charge in [-0.1, -0.05) is 18.2 Å². The fraction of sp³-hybridized carbons (Fsp3) is 0.250. The molecule has 0 unspecified atom stereocenters. The monoisotopic (exact) mass is 200 g/mol. The van der Waals surface area contributed by atoms with Crippen molar-refractivity contribution in [3.8, 4) is 0 Å².